The second-order valence-electron chi connectivity index (χ2n) is 9.41. The maximum absolute atomic E-state index is 13.4. The third-order valence-electron chi connectivity index (χ3n) is 7.51. The van der Waals surface area contributed by atoms with Gasteiger partial charge in [-0.2, -0.15) is 0 Å². The van der Waals surface area contributed by atoms with Gasteiger partial charge in [-0.3, -0.25) is 9.59 Å². The van der Waals surface area contributed by atoms with Crippen molar-refractivity contribution in [2.75, 3.05) is 26.2 Å². The molecule has 5 aliphatic rings. The van der Waals surface area contributed by atoms with Crippen LogP contribution in [0.5, 0.6) is 0 Å². The number of carbonyl (C=O) groups is 2. The Morgan fingerprint density at radius 3 is 2.00 bits per heavy atom. The van der Waals surface area contributed by atoms with Gasteiger partial charge in [-0.1, -0.05) is 11.6 Å². The fraction of sp³-hybridized carbons (Fsp3) is 0.636. The molecule has 5 fully saturated rings. The van der Waals surface area contributed by atoms with Crippen LogP contribution in [0.4, 0.5) is 4.39 Å². The molecule has 1 heterocycles. The standard InChI is InChI=1S/C22H26ClFN2O2/c23-19-10-17(24)1-2-18(19)20(27)25-3-5-26(6-4-25)21(28)22-11-14-7-15(12-22)9-16(8-14)13-22/h1-2,10,14-16H,3-9,11-13H2. The Bertz CT molecular complexity index is 783. The molecule has 0 N–H and O–H groups in total. The minimum Gasteiger partial charge on any atom is -0.339 e. The number of piperazine rings is 1. The molecule has 1 aliphatic heterocycles. The Morgan fingerprint density at radius 2 is 1.46 bits per heavy atom. The molecule has 4 bridgehead atoms. The van der Waals surface area contributed by atoms with E-state index in [4.69, 9.17) is 11.6 Å². The fourth-order valence-corrected chi connectivity index (χ4v) is 6.90. The quantitative estimate of drug-likeness (QED) is 0.748. The summed E-state index contributed by atoms with van der Waals surface area (Å²) in [6.07, 6.45) is 7.19. The van der Waals surface area contributed by atoms with Gasteiger partial charge >= 0.3 is 0 Å². The van der Waals surface area contributed by atoms with E-state index in [-0.39, 0.29) is 16.3 Å². The summed E-state index contributed by atoms with van der Waals surface area (Å²) in [6.45, 7) is 2.16. The lowest BCUT2D eigenvalue weighted by Gasteiger charge is -2.57. The SMILES string of the molecule is O=C(c1ccc(F)cc1Cl)N1CCN(C(=O)C23CC4CC(CC(C4)C2)C3)CC1. The minimum absolute atomic E-state index is 0.124. The Balaban J connectivity index is 1.25. The highest BCUT2D eigenvalue weighted by Gasteiger charge is 2.55. The largest absolute Gasteiger partial charge is 0.339 e. The summed E-state index contributed by atoms with van der Waals surface area (Å²) in [5.74, 6) is 1.94. The molecular formula is C22H26ClFN2O2. The number of amides is 2. The van der Waals surface area contributed by atoms with Crippen molar-refractivity contribution >= 4 is 23.4 Å². The van der Waals surface area contributed by atoms with Crippen molar-refractivity contribution in [3.05, 3.63) is 34.6 Å². The highest BCUT2D eigenvalue weighted by Crippen LogP contribution is 2.60. The number of halogens is 2. The number of benzene rings is 1. The summed E-state index contributed by atoms with van der Waals surface area (Å²) in [5.41, 5.74) is 0.199. The molecule has 150 valence electrons. The van der Waals surface area contributed by atoms with Crippen LogP contribution in [0, 0.1) is 29.0 Å². The molecule has 0 unspecified atom stereocenters. The van der Waals surface area contributed by atoms with Gasteiger partial charge in [0.25, 0.3) is 5.91 Å². The van der Waals surface area contributed by atoms with Crippen LogP contribution in [0.25, 0.3) is 0 Å². The average molecular weight is 405 g/mol. The predicted octanol–water partition coefficient (Wildman–Crippen LogP) is 3.98. The van der Waals surface area contributed by atoms with Crippen LogP contribution in [0.15, 0.2) is 18.2 Å². The molecule has 0 atom stereocenters. The van der Waals surface area contributed by atoms with E-state index in [1.807, 2.05) is 4.90 Å². The van der Waals surface area contributed by atoms with Gasteiger partial charge in [0.2, 0.25) is 5.91 Å². The third-order valence-corrected chi connectivity index (χ3v) is 7.82. The van der Waals surface area contributed by atoms with Crippen LogP contribution in [0.2, 0.25) is 5.02 Å². The molecule has 6 heteroatoms. The molecular weight excluding hydrogens is 379 g/mol. The summed E-state index contributed by atoms with van der Waals surface area (Å²) >= 11 is 6.05. The first-order valence-corrected chi connectivity index (χ1v) is 10.8. The smallest absolute Gasteiger partial charge is 0.255 e. The Kier molecular flexibility index (Phi) is 4.42. The molecule has 4 nitrogen and oxygen atoms in total. The molecule has 0 spiro atoms. The molecule has 4 saturated carbocycles. The van der Waals surface area contributed by atoms with Gasteiger partial charge < -0.3 is 9.80 Å². The molecule has 28 heavy (non-hydrogen) atoms. The normalized spacial score (nSPS) is 34.0. The van der Waals surface area contributed by atoms with Crippen molar-refractivity contribution in [2.24, 2.45) is 23.2 Å². The predicted molar refractivity (Wildman–Crippen MR) is 104 cm³/mol. The fourth-order valence-electron chi connectivity index (χ4n) is 6.65. The highest BCUT2D eigenvalue weighted by molar-refractivity contribution is 6.33. The minimum atomic E-state index is -0.451. The number of hydrogen-bond donors (Lipinski definition) is 0. The zero-order valence-corrected chi connectivity index (χ0v) is 16.8. The molecule has 2 amide bonds. The molecule has 1 aromatic carbocycles. The van der Waals surface area contributed by atoms with Crippen LogP contribution < -0.4 is 0 Å². The lowest BCUT2D eigenvalue weighted by Crippen LogP contribution is -2.58. The molecule has 0 aromatic heterocycles. The van der Waals surface area contributed by atoms with Crippen molar-refractivity contribution in [3.8, 4) is 0 Å². The molecule has 1 aromatic rings. The van der Waals surface area contributed by atoms with Gasteiger partial charge in [-0.15, -0.1) is 0 Å². The van der Waals surface area contributed by atoms with E-state index < -0.39 is 5.82 Å². The first kappa shape index (κ1) is 18.4. The van der Waals surface area contributed by atoms with E-state index in [1.54, 1.807) is 4.90 Å². The highest BCUT2D eigenvalue weighted by atomic mass is 35.5. The molecule has 0 radical (unpaired) electrons. The molecule has 4 aliphatic carbocycles. The Hall–Kier alpha value is -1.62. The Morgan fingerprint density at radius 1 is 0.929 bits per heavy atom. The zero-order chi connectivity index (χ0) is 19.5. The van der Waals surface area contributed by atoms with Gasteiger partial charge in [-0.25, -0.2) is 4.39 Å². The van der Waals surface area contributed by atoms with E-state index in [0.29, 0.717) is 37.6 Å². The van der Waals surface area contributed by atoms with Gasteiger partial charge in [-0.05, 0) is 74.5 Å². The number of nitrogens with zero attached hydrogens (tertiary/aromatic N) is 2. The first-order valence-electron chi connectivity index (χ1n) is 10.5. The van der Waals surface area contributed by atoms with Crippen molar-refractivity contribution in [3.63, 3.8) is 0 Å². The van der Waals surface area contributed by atoms with Gasteiger partial charge in [0.1, 0.15) is 5.82 Å². The number of hydrogen-bond acceptors (Lipinski definition) is 2. The zero-order valence-electron chi connectivity index (χ0n) is 16.0. The average Bonchev–Trinajstić information content (AvgIpc) is 2.66. The van der Waals surface area contributed by atoms with Gasteiger partial charge in [0.05, 0.1) is 16.0 Å². The van der Waals surface area contributed by atoms with E-state index in [0.717, 1.165) is 37.0 Å². The second-order valence-corrected chi connectivity index (χ2v) is 9.81. The first-order chi connectivity index (χ1) is 13.4. The summed E-state index contributed by atoms with van der Waals surface area (Å²) in [6, 6.07) is 3.86. The lowest BCUT2D eigenvalue weighted by molar-refractivity contribution is -0.159. The van der Waals surface area contributed by atoms with Crippen LogP contribution in [-0.4, -0.2) is 47.8 Å². The summed E-state index contributed by atoms with van der Waals surface area (Å²) < 4.78 is 13.2. The van der Waals surface area contributed by atoms with E-state index in [2.05, 4.69) is 0 Å². The van der Waals surface area contributed by atoms with Crippen molar-refractivity contribution < 1.29 is 14.0 Å². The van der Waals surface area contributed by atoms with Crippen molar-refractivity contribution in [1.29, 1.82) is 0 Å². The van der Waals surface area contributed by atoms with Crippen LogP contribution in [-0.2, 0) is 4.79 Å². The molecule has 6 rings (SSSR count). The second kappa shape index (κ2) is 6.72. The topological polar surface area (TPSA) is 40.6 Å². The van der Waals surface area contributed by atoms with Crippen molar-refractivity contribution in [1.82, 2.24) is 9.80 Å². The number of rotatable bonds is 2. The maximum Gasteiger partial charge on any atom is 0.255 e. The summed E-state index contributed by atoms with van der Waals surface area (Å²) in [4.78, 5) is 29.9. The summed E-state index contributed by atoms with van der Waals surface area (Å²) in [5, 5.41) is 0.136. The monoisotopic (exact) mass is 404 g/mol. The summed E-state index contributed by atoms with van der Waals surface area (Å²) in [7, 11) is 0. The molecule has 1 saturated heterocycles. The van der Waals surface area contributed by atoms with E-state index in [9.17, 15) is 14.0 Å². The van der Waals surface area contributed by atoms with Gasteiger partial charge in [0, 0.05) is 26.2 Å². The Labute approximate surface area is 170 Å². The van der Waals surface area contributed by atoms with Crippen molar-refractivity contribution in [2.45, 2.75) is 38.5 Å². The van der Waals surface area contributed by atoms with E-state index in [1.165, 1.54) is 37.5 Å². The van der Waals surface area contributed by atoms with Gasteiger partial charge in [0.15, 0.2) is 0 Å². The maximum atomic E-state index is 13.4. The van der Waals surface area contributed by atoms with E-state index >= 15 is 0 Å². The number of carbonyl (C=O) groups excluding carboxylic acids is 2. The lowest BCUT2D eigenvalue weighted by atomic mass is 9.49. The third kappa shape index (κ3) is 3.02. The van der Waals surface area contributed by atoms with Crippen LogP contribution in [0.3, 0.4) is 0 Å². The van der Waals surface area contributed by atoms with Crippen LogP contribution in [0.1, 0.15) is 48.9 Å². The van der Waals surface area contributed by atoms with Crippen LogP contribution >= 0.6 is 11.6 Å².